The number of rotatable bonds is 6. The van der Waals surface area contributed by atoms with Crippen LogP contribution in [0.15, 0.2) is 59.5 Å². The van der Waals surface area contributed by atoms with Gasteiger partial charge >= 0.3 is 0 Å². The number of benzene rings is 2. The molecule has 0 radical (unpaired) electrons. The number of hydrogen-bond donors (Lipinski definition) is 1. The Morgan fingerprint density at radius 1 is 1.13 bits per heavy atom. The summed E-state index contributed by atoms with van der Waals surface area (Å²) in [6.45, 7) is 2.23. The molecule has 2 heterocycles. The second-order valence-electron chi connectivity index (χ2n) is 7.31. The molecule has 0 aliphatic carbocycles. The van der Waals surface area contributed by atoms with Gasteiger partial charge in [0.2, 0.25) is 10.0 Å². The van der Waals surface area contributed by atoms with Crippen LogP contribution in [-0.4, -0.2) is 41.2 Å². The summed E-state index contributed by atoms with van der Waals surface area (Å²) in [4.78, 5) is 6.56. The lowest BCUT2D eigenvalue weighted by molar-refractivity contribution is 0.283. The number of primary sulfonamides is 1. The lowest BCUT2D eigenvalue weighted by atomic mass is 10.1. The van der Waals surface area contributed by atoms with Crippen LogP contribution in [0, 0.1) is 5.82 Å². The molecule has 7 nitrogen and oxygen atoms in total. The summed E-state index contributed by atoms with van der Waals surface area (Å²) in [5, 5.41) is 10.3. The molecule has 2 N–H and O–H groups in total. The summed E-state index contributed by atoms with van der Waals surface area (Å²) >= 11 is 5.97. The van der Waals surface area contributed by atoms with Crippen molar-refractivity contribution < 1.29 is 12.8 Å². The van der Waals surface area contributed by atoms with Crippen LogP contribution in [-0.2, 0) is 23.0 Å². The van der Waals surface area contributed by atoms with Gasteiger partial charge in [-0.3, -0.25) is 4.90 Å². The Morgan fingerprint density at radius 3 is 2.55 bits per heavy atom. The number of hydrogen-bond acceptors (Lipinski definition) is 5. The summed E-state index contributed by atoms with van der Waals surface area (Å²) in [6.07, 6.45) is 5.60. The van der Waals surface area contributed by atoms with E-state index in [1.165, 1.54) is 16.8 Å². The van der Waals surface area contributed by atoms with Crippen molar-refractivity contribution in [2.24, 2.45) is 5.14 Å². The minimum absolute atomic E-state index is 0.105. The standard InChI is InChI=1S/C21H21ClFN5O2S/c22-16-6-4-15(5-7-16)12-21-25-20(14-27-10-2-1-3-11-27)26-28(21)19-9-8-17(13-18(19)23)31(24,29)30/h1-2,4-9,13H,3,10-12,14H2,(H2,24,29,30). The molecule has 1 aliphatic heterocycles. The van der Waals surface area contributed by atoms with Crippen molar-refractivity contribution in [2.45, 2.75) is 24.3 Å². The van der Waals surface area contributed by atoms with Gasteiger partial charge in [0, 0.05) is 24.5 Å². The average molecular weight is 462 g/mol. The van der Waals surface area contributed by atoms with Crippen LogP contribution in [0.3, 0.4) is 0 Å². The third kappa shape index (κ3) is 5.19. The second-order valence-corrected chi connectivity index (χ2v) is 9.31. The molecule has 0 unspecified atom stereocenters. The van der Waals surface area contributed by atoms with Gasteiger partial charge < -0.3 is 0 Å². The van der Waals surface area contributed by atoms with E-state index in [1.54, 1.807) is 12.1 Å². The molecule has 0 spiro atoms. The molecular weight excluding hydrogens is 441 g/mol. The molecule has 0 saturated carbocycles. The topological polar surface area (TPSA) is 94.1 Å². The van der Waals surface area contributed by atoms with Crippen molar-refractivity contribution >= 4 is 21.6 Å². The predicted molar refractivity (Wildman–Crippen MR) is 116 cm³/mol. The van der Waals surface area contributed by atoms with E-state index in [0.29, 0.717) is 29.6 Å². The first-order chi connectivity index (χ1) is 14.8. The van der Waals surface area contributed by atoms with Gasteiger partial charge in [0.1, 0.15) is 17.3 Å². The summed E-state index contributed by atoms with van der Waals surface area (Å²) in [6, 6.07) is 10.8. The first-order valence-electron chi connectivity index (χ1n) is 9.69. The van der Waals surface area contributed by atoms with Crippen molar-refractivity contribution in [1.82, 2.24) is 19.7 Å². The van der Waals surface area contributed by atoms with Crippen LogP contribution in [0.25, 0.3) is 5.69 Å². The fourth-order valence-electron chi connectivity index (χ4n) is 3.42. The van der Waals surface area contributed by atoms with Gasteiger partial charge in [0.05, 0.1) is 11.4 Å². The van der Waals surface area contributed by atoms with Gasteiger partial charge in [-0.2, -0.15) is 0 Å². The fourth-order valence-corrected chi connectivity index (χ4v) is 4.07. The normalized spacial score (nSPS) is 14.8. The molecular formula is C21H21ClFN5O2S. The number of sulfonamides is 1. The van der Waals surface area contributed by atoms with Crippen LogP contribution in [0.1, 0.15) is 23.6 Å². The van der Waals surface area contributed by atoms with Crippen molar-refractivity contribution in [3.63, 3.8) is 0 Å². The van der Waals surface area contributed by atoms with Crippen LogP contribution in [0.2, 0.25) is 5.02 Å². The Morgan fingerprint density at radius 2 is 1.90 bits per heavy atom. The Hall–Kier alpha value is -2.59. The summed E-state index contributed by atoms with van der Waals surface area (Å²) in [5.41, 5.74) is 1.04. The number of aromatic nitrogens is 3. The van der Waals surface area contributed by atoms with Crippen LogP contribution in [0.5, 0.6) is 0 Å². The third-order valence-electron chi connectivity index (χ3n) is 4.98. The van der Waals surface area contributed by atoms with Gasteiger partial charge in [-0.1, -0.05) is 35.9 Å². The van der Waals surface area contributed by atoms with Crippen molar-refractivity contribution in [3.05, 3.63) is 82.7 Å². The summed E-state index contributed by atoms with van der Waals surface area (Å²) < 4.78 is 39.4. The summed E-state index contributed by atoms with van der Waals surface area (Å²) in [7, 11) is -4.01. The largest absolute Gasteiger partial charge is 0.292 e. The molecule has 3 aromatic rings. The average Bonchev–Trinajstić information content (AvgIpc) is 3.11. The van der Waals surface area contributed by atoms with E-state index in [9.17, 15) is 12.8 Å². The van der Waals surface area contributed by atoms with Gasteiger partial charge in [0.25, 0.3) is 0 Å². The molecule has 162 valence electrons. The molecule has 10 heteroatoms. The zero-order chi connectivity index (χ0) is 22.0. The highest BCUT2D eigenvalue weighted by Gasteiger charge is 2.19. The maximum atomic E-state index is 14.9. The first-order valence-corrected chi connectivity index (χ1v) is 11.6. The highest BCUT2D eigenvalue weighted by Crippen LogP contribution is 2.21. The predicted octanol–water partition coefficient (Wildman–Crippen LogP) is 3.06. The molecule has 0 atom stereocenters. The van der Waals surface area contributed by atoms with Crippen molar-refractivity contribution in [3.8, 4) is 5.69 Å². The monoisotopic (exact) mass is 461 g/mol. The number of halogens is 2. The van der Waals surface area contributed by atoms with Gasteiger partial charge in [-0.15, -0.1) is 5.10 Å². The third-order valence-corrected chi connectivity index (χ3v) is 6.14. The molecule has 31 heavy (non-hydrogen) atoms. The maximum Gasteiger partial charge on any atom is 0.238 e. The van der Waals surface area contributed by atoms with Crippen molar-refractivity contribution in [2.75, 3.05) is 13.1 Å². The van der Waals surface area contributed by atoms with E-state index >= 15 is 0 Å². The lowest BCUT2D eigenvalue weighted by Gasteiger charge is -2.20. The minimum Gasteiger partial charge on any atom is -0.292 e. The second kappa shape index (κ2) is 8.88. The molecule has 2 aromatic carbocycles. The molecule has 0 amide bonds. The zero-order valence-corrected chi connectivity index (χ0v) is 18.2. The van der Waals surface area contributed by atoms with E-state index in [2.05, 4.69) is 27.1 Å². The van der Waals surface area contributed by atoms with E-state index < -0.39 is 15.8 Å². The Bertz CT molecular complexity index is 1230. The number of nitrogens with zero attached hydrogens (tertiary/aromatic N) is 4. The van der Waals surface area contributed by atoms with E-state index in [1.807, 2.05) is 12.1 Å². The first kappa shape index (κ1) is 21.6. The molecule has 0 saturated heterocycles. The highest BCUT2D eigenvalue weighted by molar-refractivity contribution is 7.89. The summed E-state index contributed by atoms with van der Waals surface area (Å²) in [5.74, 6) is 0.350. The van der Waals surface area contributed by atoms with Gasteiger partial charge in [-0.25, -0.2) is 27.6 Å². The molecule has 1 aromatic heterocycles. The van der Waals surface area contributed by atoms with Crippen LogP contribution >= 0.6 is 11.6 Å². The quantitative estimate of drug-likeness (QED) is 0.569. The Kier molecular flexibility index (Phi) is 6.19. The fraction of sp³-hybridized carbons (Fsp3) is 0.238. The SMILES string of the molecule is NS(=O)(=O)c1ccc(-n2nc(CN3CC=CCC3)nc2Cc2ccc(Cl)cc2)c(F)c1. The number of nitrogens with two attached hydrogens (primary N) is 1. The lowest BCUT2D eigenvalue weighted by Crippen LogP contribution is -2.27. The minimum atomic E-state index is -4.01. The van der Waals surface area contributed by atoms with Crippen LogP contribution < -0.4 is 5.14 Å². The molecule has 1 aliphatic rings. The van der Waals surface area contributed by atoms with Gasteiger partial charge in [-0.05, 0) is 42.3 Å². The smallest absolute Gasteiger partial charge is 0.238 e. The van der Waals surface area contributed by atoms with Gasteiger partial charge in [0.15, 0.2) is 5.82 Å². The van der Waals surface area contributed by atoms with E-state index in [0.717, 1.165) is 31.1 Å². The van der Waals surface area contributed by atoms with Crippen LogP contribution in [0.4, 0.5) is 4.39 Å². The maximum absolute atomic E-state index is 14.9. The molecule has 4 rings (SSSR count). The molecule has 0 fully saturated rings. The Balaban J connectivity index is 1.72. The Labute approximate surface area is 185 Å². The zero-order valence-electron chi connectivity index (χ0n) is 16.6. The van der Waals surface area contributed by atoms with E-state index in [4.69, 9.17) is 16.7 Å². The van der Waals surface area contributed by atoms with E-state index in [-0.39, 0.29) is 10.6 Å². The highest BCUT2D eigenvalue weighted by atomic mass is 35.5. The van der Waals surface area contributed by atoms with Crippen molar-refractivity contribution in [1.29, 1.82) is 0 Å². The molecule has 0 bridgehead atoms.